The average Bonchev–Trinajstić information content (AvgIpc) is 3.14. The first-order valence-corrected chi connectivity index (χ1v) is 8.28. The molecule has 20 heavy (non-hydrogen) atoms. The predicted molar refractivity (Wildman–Crippen MR) is 81.8 cm³/mol. The molecule has 0 amide bonds. The lowest BCUT2D eigenvalue weighted by Gasteiger charge is -2.24. The molecule has 3 rings (SSSR count). The largest absolute Gasteiger partial charge is 0.370 e. The van der Waals surface area contributed by atoms with Crippen molar-refractivity contribution in [2.45, 2.75) is 76.7 Å². The second-order valence-electron chi connectivity index (χ2n) is 6.59. The van der Waals surface area contributed by atoms with E-state index in [1.807, 2.05) is 0 Å². The van der Waals surface area contributed by atoms with Crippen molar-refractivity contribution in [2.75, 3.05) is 6.54 Å². The van der Waals surface area contributed by atoms with Crippen LogP contribution in [0.3, 0.4) is 0 Å². The normalized spacial score (nSPS) is 26.4. The van der Waals surface area contributed by atoms with Gasteiger partial charge >= 0.3 is 0 Å². The van der Waals surface area contributed by atoms with E-state index in [-0.39, 0.29) is 5.60 Å². The van der Waals surface area contributed by atoms with Gasteiger partial charge in [-0.15, -0.1) is 0 Å². The zero-order valence-corrected chi connectivity index (χ0v) is 12.9. The van der Waals surface area contributed by atoms with Crippen LogP contribution in [0.25, 0.3) is 0 Å². The number of hydrogen-bond acceptors (Lipinski definition) is 2. The van der Waals surface area contributed by atoms with E-state index in [4.69, 9.17) is 4.74 Å². The molecule has 1 aliphatic heterocycles. The van der Waals surface area contributed by atoms with Crippen LogP contribution in [0.1, 0.15) is 64.0 Å². The van der Waals surface area contributed by atoms with Gasteiger partial charge in [-0.05, 0) is 50.8 Å². The van der Waals surface area contributed by atoms with Crippen LogP contribution in [-0.4, -0.2) is 22.8 Å². The van der Waals surface area contributed by atoms with Crippen molar-refractivity contribution < 1.29 is 4.74 Å². The lowest BCUT2D eigenvalue weighted by molar-refractivity contribution is -0.0417. The maximum atomic E-state index is 6.39. The lowest BCUT2D eigenvalue weighted by atomic mass is 9.98. The molecule has 1 saturated carbocycles. The minimum atomic E-state index is 0.262. The van der Waals surface area contributed by atoms with Gasteiger partial charge in [0.2, 0.25) is 0 Å². The highest BCUT2D eigenvalue weighted by molar-refractivity contribution is 5.14. The molecule has 112 valence electrons. The lowest BCUT2D eigenvalue weighted by Crippen LogP contribution is -2.26. The zero-order valence-electron chi connectivity index (χ0n) is 12.9. The molecular weight excluding hydrogens is 248 g/mol. The summed E-state index contributed by atoms with van der Waals surface area (Å²) in [4.78, 5) is 0. The van der Waals surface area contributed by atoms with Crippen LogP contribution in [-0.2, 0) is 11.3 Å². The van der Waals surface area contributed by atoms with Gasteiger partial charge in [0.25, 0.3) is 0 Å². The van der Waals surface area contributed by atoms with Crippen molar-refractivity contribution in [3.8, 4) is 0 Å². The number of rotatable bonds is 5. The first-order chi connectivity index (χ1) is 9.71. The summed E-state index contributed by atoms with van der Waals surface area (Å²) in [6, 6.07) is 2.67. The highest BCUT2D eigenvalue weighted by Gasteiger charge is 2.42. The summed E-state index contributed by atoms with van der Waals surface area (Å²) in [6.07, 6.45) is 12.7. The summed E-state index contributed by atoms with van der Waals surface area (Å²) in [5.74, 6) is 0. The van der Waals surface area contributed by atoms with Crippen LogP contribution >= 0.6 is 0 Å². The maximum Gasteiger partial charge on any atom is 0.0762 e. The van der Waals surface area contributed by atoms with Crippen LogP contribution in [0.4, 0.5) is 0 Å². The molecule has 0 radical (unpaired) electrons. The van der Waals surface area contributed by atoms with E-state index in [1.54, 1.807) is 0 Å². The fourth-order valence-electron chi connectivity index (χ4n) is 3.90. The quantitative estimate of drug-likeness (QED) is 0.888. The van der Waals surface area contributed by atoms with Gasteiger partial charge in [-0.1, -0.05) is 19.8 Å². The van der Waals surface area contributed by atoms with E-state index in [0.29, 0.717) is 12.1 Å². The molecule has 2 atom stereocenters. The molecule has 1 spiro atoms. The minimum absolute atomic E-state index is 0.262. The van der Waals surface area contributed by atoms with Crippen molar-refractivity contribution in [1.82, 2.24) is 9.88 Å². The number of nitrogens with one attached hydrogen (secondary N) is 1. The van der Waals surface area contributed by atoms with Crippen LogP contribution in [0.15, 0.2) is 18.5 Å². The summed E-state index contributed by atoms with van der Waals surface area (Å²) in [6.45, 7) is 6.41. The Morgan fingerprint density at radius 2 is 2.20 bits per heavy atom. The van der Waals surface area contributed by atoms with E-state index in [9.17, 15) is 0 Å². The smallest absolute Gasteiger partial charge is 0.0762 e. The molecule has 1 saturated heterocycles. The summed E-state index contributed by atoms with van der Waals surface area (Å²) in [7, 11) is 0. The monoisotopic (exact) mass is 276 g/mol. The highest BCUT2D eigenvalue weighted by atomic mass is 16.5. The molecule has 1 N–H and O–H groups in total. The fraction of sp³-hybridized carbons (Fsp3) is 0.765. The Kier molecular flexibility index (Phi) is 4.18. The Hall–Kier alpha value is -0.800. The minimum Gasteiger partial charge on any atom is -0.370 e. The first kappa shape index (κ1) is 14.2. The average molecular weight is 276 g/mol. The van der Waals surface area contributed by atoms with Crippen molar-refractivity contribution in [1.29, 1.82) is 0 Å². The van der Waals surface area contributed by atoms with Gasteiger partial charge in [0.05, 0.1) is 11.7 Å². The summed E-state index contributed by atoms with van der Waals surface area (Å²) in [5.41, 5.74) is 1.64. The fourth-order valence-corrected chi connectivity index (χ4v) is 3.90. The standard InChI is InChI=1S/C17H28N2O/c1-3-18-14(2)15-7-11-19(12-15)13-16-6-10-17(20-16)8-4-5-9-17/h7,11-12,14,16,18H,3-6,8-10,13H2,1-2H3. The first-order valence-electron chi connectivity index (χ1n) is 8.28. The summed E-state index contributed by atoms with van der Waals surface area (Å²) >= 11 is 0. The highest BCUT2D eigenvalue weighted by Crippen LogP contribution is 2.43. The van der Waals surface area contributed by atoms with Gasteiger partial charge < -0.3 is 14.6 Å². The van der Waals surface area contributed by atoms with E-state index in [2.05, 4.69) is 42.2 Å². The molecule has 1 aromatic heterocycles. The van der Waals surface area contributed by atoms with Crippen molar-refractivity contribution >= 4 is 0 Å². The van der Waals surface area contributed by atoms with Crippen LogP contribution in [0.2, 0.25) is 0 Å². The van der Waals surface area contributed by atoms with Gasteiger partial charge in [-0.2, -0.15) is 0 Å². The zero-order chi connectivity index (χ0) is 14.0. The third-order valence-corrected chi connectivity index (χ3v) is 5.05. The molecular formula is C17H28N2O. The molecule has 2 unspecified atom stereocenters. The van der Waals surface area contributed by atoms with Crippen molar-refractivity contribution in [2.24, 2.45) is 0 Å². The third kappa shape index (κ3) is 2.94. The predicted octanol–water partition coefficient (Wildman–Crippen LogP) is 3.65. The number of nitrogens with zero attached hydrogens (tertiary/aromatic N) is 1. The molecule has 2 fully saturated rings. The van der Waals surface area contributed by atoms with E-state index >= 15 is 0 Å². The Bertz CT molecular complexity index is 434. The molecule has 0 aromatic carbocycles. The molecule has 1 aliphatic carbocycles. The topological polar surface area (TPSA) is 26.2 Å². The number of aromatic nitrogens is 1. The molecule has 0 bridgehead atoms. The Balaban J connectivity index is 1.56. The van der Waals surface area contributed by atoms with Gasteiger partial charge in [0, 0.05) is 25.0 Å². The van der Waals surface area contributed by atoms with Crippen molar-refractivity contribution in [3.63, 3.8) is 0 Å². The van der Waals surface area contributed by atoms with Crippen molar-refractivity contribution in [3.05, 3.63) is 24.0 Å². The number of ether oxygens (including phenoxy) is 1. The van der Waals surface area contributed by atoms with E-state index < -0.39 is 0 Å². The van der Waals surface area contributed by atoms with Gasteiger partial charge in [-0.3, -0.25) is 0 Å². The van der Waals surface area contributed by atoms with E-state index in [1.165, 1.54) is 44.1 Å². The van der Waals surface area contributed by atoms with Gasteiger partial charge in [0.15, 0.2) is 0 Å². The number of hydrogen-bond donors (Lipinski definition) is 1. The molecule has 1 aromatic rings. The SMILES string of the molecule is CCNC(C)c1ccn(CC2CCC3(CCCC3)O2)c1. The second-order valence-corrected chi connectivity index (χ2v) is 6.59. The second kappa shape index (κ2) is 5.90. The third-order valence-electron chi connectivity index (χ3n) is 5.05. The Labute approximate surface area is 122 Å². The van der Waals surface area contributed by atoms with Crippen LogP contribution in [0, 0.1) is 0 Å². The maximum absolute atomic E-state index is 6.39. The van der Waals surface area contributed by atoms with E-state index in [0.717, 1.165) is 13.1 Å². The molecule has 3 heteroatoms. The molecule has 3 nitrogen and oxygen atoms in total. The van der Waals surface area contributed by atoms with Crippen LogP contribution < -0.4 is 5.32 Å². The molecule has 2 heterocycles. The Morgan fingerprint density at radius 1 is 1.40 bits per heavy atom. The van der Waals surface area contributed by atoms with Gasteiger partial charge in [-0.25, -0.2) is 0 Å². The Morgan fingerprint density at radius 3 is 2.95 bits per heavy atom. The molecule has 2 aliphatic rings. The summed E-state index contributed by atoms with van der Waals surface area (Å²) < 4.78 is 8.70. The summed E-state index contributed by atoms with van der Waals surface area (Å²) in [5, 5.41) is 3.46. The van der Waals surface area contributed by atoms with Crippen LogP contribution in [0.5, 0.6) is 0 Å². The van der Waals surface area contributed by atoms with Gasteiger partial charge in [0.1, 0.15) is 0 Å².